The minimum atomic E-state index is -0.103. The van der Waals surface area contributed by atoms with Crippen LogP contribution in [0.4, 0.5) is 0 Å². The first kappa shape index (κ1) is 14.6. The van der Waals surface area contributed by atoms with E-state index in [0.717, 1.165) is 44.1 Å². The van der Waals surface area contributed by atoms with Crippen LogP contribution in [-0.2, 0) is 24.9 Å². The van der Waals surface area contributed by atoms with Crippen molar-refractivity contribution in [3.63, 3.8) is 0 Å². The first-order valence-corrected chi connectivity index (χ1v) is 8.18. The van der Waals surface area contributed by atoms with Crippen molar-refractivity contribution in [3.05, 3.63) is 34.3 Å². The molecule has 0 spiro atoms. The van der Waals surface area contributed by atoms with Crippen LogP contribution in [0.5, 0.6) is 0 Å². The molecule has 2 aromatic heterocycles. The third-order valence-electron chi connectivity index (χ3n) is 4.93. The van der Waals surface area contributed by atoms with Gasteiger partial charge in [0.15, 0.2) is 0 Å². The van der Waals surface area contributed by atoms with E-state index in [1.54, 1.807) is 4.57 Å². The summed E-state index contributed by atoms with van der Waals surface area (Å²) < 4.78 is 9.70. The second kappa shape index (κ2) is 5.93. The van der Waals surface area contributed by atoms with Crippen molar-refractivity contribution in [2.45, 2.75) is 32.0 Å². The van der Waals surface area contributed by atoms with Crippen LogP contribution < -0.4 is 5.69 Å². The van der Waals surface area contributed by atoms with Crippen molar-refractivity contribution in [3.8, 4) is 0 Å². The molecule has 4 heterocycles. The predicted molar refractivity (Wildman–Crippen MR) is 82.7 cm³/mol. The molecule has 0 amide bonds. The Morgan fingerprint density at radius 2 is 2.35 bits per heavy atom. The molecule has 0 saturated carbocycles. The number of aromatic nitrogens is 5. The summed E-state index contributed by atoms with van der Waals surface area (Å²) in [6.45, 7) is 4.06. The highest BCUT2D eigenvalue weighted by Crippen LogP contribution is 2.34. The van der Waals surface area contributed by atoms with E-state index in [9.17, 15) is 4.79 Å². The average molecular weight is 318 g/mol. The largest absolute Gasteiger partial charge is 0.372 e. The van der Waals surface area contributed by atoms with Crippen molar-refractivity contribution in [1.82, 2.24) is 29.4 Å². The maximum atomic E-state index is 11.6. The van der Waals surface area contributed by atoms with E-state index in [4.69, 9.17) is 4.74 Å². The van der Waals surface area contributed by atoms with Crippen molar-refractivity contribution >= 4 is 0 Å². The first-order chi connectivity index (χ1) is 11.2. The highest BCUT2D eigenvalue weighted by molar-refractivity contribution is 5.07. The zero-order valence-electron chi connectivity index (χ0n) is 13.3. The van der Waals surface area contributed by atoms with E-state index < -0.39 is 0 Å². The molecule has 2 aromatic rings. The molecule has 4 rings (SSSR count). The number of aryl methyl sites for hydroxylation is 1. The first-order valence-electron chi connectivity index (χ1n) is 8.18. The minimum absolute atomic E-state index is 0.0968. The summed E-state index contributed by atoms with van der Waals surface area (Å²) in [5.41, 5.74) is 1.04. The van der Waals surface area contributed by atoms with Crippen LogP contribution in [0.3, 0.4) is 0 Å². The Morgan fingerprint density at radius 1 is 1.43 bits per heavy atom. The molecule has 2 aliphatic heterocycles. The quantitative estimate of drug-likeness (QED) is 0.880. The van der Waals surface area contributed by atoms with E-state index >= 15 is 0 Å². The number of hydrogen-bond acceptors (Lipinski definition) is 5. The fourth-order valence-electron chi connectivity index (χ4n) is 3.73. The van der Waals surface area contributed by atoms with E-state index in [-0.39, 0.29) is 11.8 Å². The van der Waals surface area contributed by atoms with E-state index in [0.29, 0.717) is 19.0 Å². The molecule has 2 atom stereocenters. The SMILES string of the molecule is Cn1nccc1[C@@H]1OCCC[C@H]1CN1CCn2c(n[nH]c2=O)C1. The van der Waals surface area contributed by atoms with Crippen LogP contribution >= 0.6 is 0 Å². The Hall–Kier alpha value is -1.93. The van der Waals surface area contributed by atoms with Gasteiger partial charge in [-0.25, -0.2) is 9.89 Å². The van der Waals surface area contributed by atoms with E-state index in [2.05, 4.69) is 20.2 Å². The van der Waals surface area contributed by atoms with Crippen molar-refractivity contribution < 1.29 is 4.74 Å². The zero-order valence-corrected chi connectivity index (χ0v) is 13.3. The molecular formula is C15H22N6O2. The van der Waals surface area contributed by atoms with Gasteiger partial charge in [-0.2, -0.15) is 10.2 Å². The van der Waals surface area contributed by atoms with Gasteiger partial charge in [0.05, 0.1) is 12.2 Å². The van der Waals surface area contributed by atoms with Crippen LogP contribution in [0.1, 0.15) is 30.5 Å². The normalized spacial score (nSPS) is 25.4. The second-order valence-corrected chi connectivity index (χ2v) is 6.41. The molecule has 0 bridgehead atoms. The molecule has 0 aromatic carbocycles. The summed E-state index contributed by atoms with van der Waals surface area (Å²) >= 11 is 0. The van der Waals surface area contributed by atoms with Gasteiger partial charge in [-0.3, -0.25) is 14.1 Å². The number of ether oxygens (including phenoxy) is 1. The van der Waals surface area contributed by atoms with Gasteiger partial charge in [-0.15, -0.1) is 0 Å². The molecule has 23 heavy (non-hydrogen) atoms. The van der Waals surface area contributed by atoms with Gasteiger partial charge < -0.3 is 4.74 Å². The summed E-state index contributed by atoms with van der Waals surface area (Å²) in [5.74, 6) is 1.27. The fourth-order valence-corrected chi connectivity index (χ4v) is 3.73. The Morgan fingerprint density at radius 3 is 3.17 bits per heavy atom. The van der Waals surface area contributed by atoms with Crippen LogP contribution in [0, 0.1) is 5.92 Å². The molecular weight excluding hydrogens is 296 g/mol. The second-order valence-electron chi connectivity index (χ2n) is 6.41. The van der Waals surface area contributed by atoms with Crippen LogP contribution in [0.2, 0.25) is 0 Å². The summed E-state index contributed by atoms with van der Waals surface area (Å²) in [7, 11) is 1.97. The van der Waals surface area contributed by atoms with Gasteiger partial charge in [-0.1, -0.05) is 0 Å². The molecule has 0 radical (unpaired) electrons. The smallest absolute Gasteiger partial charge is 0.343 e. The standard InChI is InChI=1S/C15H22N6O2/c1-19-12(4-5-16-19)14-11(3-2-8-23-14)9-20-6-7-21-13(10-20)17-18-15(21)22/h4-5,11,14H,2-3,6-10H2,1H3,(H,18,22)/t11-,14+/m0/s1. The number of aromatic amines is 1. The number of rotatable bonds is 3. The zero-order chi connectivity index (χ0) is 15.8. The average Bonchev–Trinajstić information content (AvgIpc) is 3.14. The Bertz CT molecular complexity index is 732. The van der Waals surface area contributed by atoms with Gasteiger partial charge in [0.25, 0.3) is 0 Å². The molecule has 1 fully saturated rings. The predicted octanol–water partition coefficient (Wildman–Crippen LogP) is 0.288. The third kappa shape index (κ3) is 2.72. The Labute approximate surface area is 134 Å². The number of nitrogens with one attached hydrogen (secondary N) is 1. The lowest BCUT2D eigenvalue weighted by molar-refractivity contribution is -0.0455. The molecule has 124 valence electrons. The fraction of sp³-hybridized carbons (Fsp3) is 0.667. The number of H-pyrrole nitrogens is 1. The van der Waals surface area contributed by atoms with Crippen molar-refractivity contribution in [2.24, 2.45) is 13.0 Å². The lowest BCUT2D eigenvalue weighted by atomic mass is 9.91. The number of hydrogen-bond donors (Lipinski definition) is 1. The maximum Gasteiger partial charge on any atom is 0.343 e. The highest BCUT2D eigenvalue weighted by Gasteiger charge is 2.32. The van der Waals surface area contributed by atoms with Crippen LogP contribution in [0.25, 0.3) is 0 Å². The van der Waals surface area contributed by atoms with Gasteiger partial charge in [0.2, 0.25) is 0 Å². The monoisotopic (exact) mass is 318 g/mol. The molecule has 1 saturated heterocycles. The summed E-state index contributed by atoms with van der Waals surface area (Å²) in [4.78, 5) is 14.0. The molecule has 0 aliphatic carbocycles. The number of fused-ring (bicyclic) bond motifs is 1. The number of nitrogens with zero attached hydrogens (tertiary/aromatic N) is 5. The van der Waals surface area contributed by atoms with Crippen LogP contribution in [-0.4, -0.2) is 49.1 Å². The van der Waals surface area contributed by atoms with Gasteiger partial charge in [0.1, 0.15) is 11.9 Å². The third-order valence-corrected chi connectivity index (χ3v) is 4.93. The van der Waals surface area contributed by atoms with Gasteiger partial charge >= 0.3 is 5.69 Å². The lowest BCUT2D eigenvalue weighted by Crippen LogP contribution is -2.41. The lowest BCUT2D eigenvalue weighted by Gasteiger charge is -2.36. The van der Waals surface area contributed by atoms with E-state index in [1.807, 2.05) is 24.0 Å². The Balaban J connectivity index is 1.49. The molecule has 8 heteroatoms. The topological polar surface area (TPSA) is 81.0 Å². The van der Waals surface area contributed by atoms with Gasteiger partial charge in [0, 0.05) is 45.4 Å². The van der Waals surface area contributed by atoms with Crippen molar-refractivity contribution in [1.29, 1.82) is 0 Å². The summed E-state index contributed by atoms with van der Waals surface area (Å²) in [6, 6.07) is 2.05. The van der Waals surface area contributed by atoms with Gasteiger partial charge in [-0.05, 0) is 18.9 Å². The van der Waals surface area contributed by atoms with Crippen LogP contribution in [0.15, 0.2) is 17.1 Å². The Kier molecular flexibility index (Phi) is 3.78. The molecule has 0 unspecified atom stereocenters. The van der Waals surface area contributed by atoms with Crippen molar-refractivity contribution in [2.75, 3.05) is 19.7 Å². The summed E-state index contributed by atoms with van der Waals surface area (Å²) in [6.07, 6.45) is 4.17. The highest BCUT2D eigenvalue weighted by atomic mass is 16.5. The summed E-state index contributed by atoms with van der Waals surface area (Å²) in [5, 5.41) is 10.9. The minimum Gasteiger partial charge on any atom is -0.372 e. The molecule has 1 N–H and O–H groups in total. The molecule has 8 nitrogen and oxygen atoms in total. The maximum absolute atomic E-state index is 11.6. The van der Waals surface area contributed by atoms with E-state index in [1.165, 1.54) is 0 Å². The molecule has 2 aliphatic rings.